The summed E-state index contributed by atoms with van der Waals surface area (Å²) in [5.41, 5.74) is 3.08. The second-order valence-corrected chi connectivity index (χ2v) is 8.29. The minimum absolute atomic E-state index is 0.0246. The van der Waals surface area contributed by atoms with Crippen LogP contribution in [0.15, 0.2) is 48.5 Å². The van der Waals surface area contributed by atoms with Crippen LogP contribution in [0.3, 0.4) is 0 Å². The van der Waals surface area contributed by atoms with Crippen molar-refractivity contribution in [2.75, 3.05) is 12.3 Å². The largest absolute Gasteiger partial charge is 0.322 e. The molecule has 1 fully saturated rings. The lowest BCUT2D eigenvalue weighted by Crippen LogP contribution is -2.30. The standard InChI is InChI=1S/C20H22FNOS/c1-20(2,3)16-8-4-15(5-9-16)19-22(12-13-24-19)18(23)14-6-10-17(21)11-7-14/h4-11,19H,12-13H2,1-3H3. The van der Waals surface area contributed by atoms with E-state index < -0.39 is 0 Å². The van der Waals surface area contributed by atoms with E-state index in [-0.39, 0.29) is 22.5 Å². The molecule has 0 saturated carbocycles. The van der Waals surface area contributed by atoms with E-state index in [0.717, 1.165) is 11.3 Å². The topological polar surface area (TPSA) is 20.3 Å². The van der Waals surface area contributed by atoms with Gasteiger partial charge in [-0.2, -0.15) is 0 Å². The fourth-order valence-corrected chi connectivity index (χ4v) is 4.12. The van der Waals surface area contributed by atoms with E-state index in [0.29, 0.717) is 12.1 Å². The molecule has 1 amide bonds. The zero-order chi connectivity index (χ0) is 17.3. The van der Waals surface area contributed by atoms with Crippen LogP contribution < -0.4 is 0 Å². The molecule has 1 unspecified atom stereocenters. The Balaban J connectivity index is 1.82. The summed E-state index contributed by atoms with van der Waals surface area (Å²) in [6.07, 6.45) is 0. The van der Waals surface area contributed by atoms with Crippen LogP contribution in [0.4, 0.5) is 4.39 Å². The first-order chi connectivity index (χ1) is 11.4. The molecule has 0 aliphatic carbocycles. The highest BCUT2D eigenvalue weighted by Crippen LogP contribution is 2.39. The van der Waals surface area contributed by atoms with Gasteiger partial charge in [-0.3, -0.25) is 4.79 Å². The molecule has 0 aromatic heterocycles. The smallest absolute Gasteiger partial charge is 0.255 e. The van der Waals surface area contributed by atoms with Crippen LogP contribution in [0.2, 0.25) is 0 Å². The molecule has 2 nitrogen and oxygen atoms in total. The van der Waals surface area contributed by atoms with E-state index in [1.165, 1.54) is 17.7 Å². The van der Waals surface area contributed by atoms with Crippen LogP contribution in [0.1, 0.15) is 47.6 Å². The summed E-state index contributed by atoms with van der Waals surface area (Å²) in [7, 11) is 0. The quantitative estimate of drug-likeness (QED) is 0.764. The number of carbonyl (C=O) groups excluding carboxylic acids is 1. The van der Waals surface area contributed by atoms with Crippen molar-refractivity contribution >= 4 is 17.7 Å². The van der Waals surface area contributed by atoms with Gasteiger partial charge in [0, 0.05) is 17.9 Å². The molecule has 0 spiro atoms. The van der Waals surface area contributed by atoms with Crippen molar-refractivity contribution in [2.24, 2.45) is 0 Å². The molecule has 126 valence electrons. The van der Waals surface area contributed by atoms with Crippen LogP contribution in [0, 0.1) is 5.82 Å². The molecular weight excluding hydrogens is 321 g/mol. The molecule has 1 aliphatic heterocycles. The number of nitrogens with zero attached hydrogens (tertiary/aromatic N) is 1. The Morgan fingerprint density at radius 3 is 2.29 bits per heavy atom. The predicted molar refractivity (Wildman–Crippen MR) is 97.8 cm³/mol. The van der Waals surface area contributed by atoms with E-state index >= 15 is 0 Å². The van der Waals surface area contributed by atoms with Crippen LogP contribution in [-0.2, 0) is 5.41 Å². The van der Waals surface area contributed by atoms with Gasteiger partial charge in [-0.05, 0) is 40.8 Å². The maximum atomic E-state index is 13.1. The van der Waals surface area contributed by atoms with E-state index in [1.54, 1.807) is 23.9 Å². The molecule has 0 N–H and O–H groups in total. The summed E-state index contributed by atoms with van der Waals surface area (Å²) in [6.45, 7) is 7.29. The van der Waals surface area contributed by atoms with Crippen molar-refractivity contribution in [3.05, 3.63) is 71.0 Å². The first kappa shape index (κ1) is 17.0. The highest BCUT2D eigenvalue weighted by molar-refractivity contribution is 7.99. The Labute approximate surface area is 147 Å². The Hall–Kier alpha value is -1.81. The Bertz CT molecular complexity index is 719. The molecule has 2 aromatic carbocycles. The number of benzene rings is 2. The average Bonchev–Trinajstić information content (AvgIpc) is 3.04. The third-order valence-electron chi connectivity index (χ3n) is 4.30. The van der Waals surface area contributed by atoms with Crippen molar-refractivity contribution in [1.82, 2.24) is 4.90 Å². The number of rotatable bonds is 2. The number of amides is 1. The molecule has 24 heavy (non-hydrogen) atoms. The average molecular weight is 343 g/mol. The summed E-state index contributed by atoms with van der Waals surface area (Å²) < 4.78 is 13.1. The zero-order valence-corrected chi connectivity index (χ0v) is 15.1. The third-order valence-corrected chi connectivity index (χ3v) is 5.57. The number of carbonyl (C=O) groups is 1. The van der Waals surface area contributed by atoms with Crippen LogP contribution in [-0.4, -0.2) is 23.1 Å². The predicted octanol–water partition coefficient (Wildman–Crippen LogP) is 5.01. The van der Waals surface area contributed by atoms with E-state index in [9.17, 15) is 9.18 Å². The molecule has 2 aromatic rings. The van der Waals surface area contributed by atoms with Crippen molar-refractivity contribution in [1.29, 1.82) is 0 Å². The third kappa shape index (κ3) is 3.48. The lowest BCUT2D eigenvalue weighted by atomic mass is 9.86. The van der Waals surface area contributed by atoms with Gasteiger partial charge >= 0.3 is 0 Å². The minimum atomic E-state index is -0.323. The van der Waals surface area contributed by atoms with Gasteiger partial charge in [0.25, 0.3) is 5.91 Å². The van der Waals surface area contributed by atoms with Crippen molar-refractivity contribution in [3.8, 4) is 0 Å². The molecule has 3 rings (SSSR count). The number of hydrogen-bond acceptors (Lipinski definition) is 2. The summed E-state index contributed by atoms with van der Waals surface area (Å²) >= 11 is 1.77. The Kier molecular flexibility index (Phi) is 4.68. The van der Waals surface area contributed by atoms with Crippen LogP contribution >= 0.6 is 11.8 Å². The summed E-state index contributed by atoms with van der Waals surface area (Å²) in [5.74, 6) is 0.556. The molecule has 0 radical (unpaired) electrons. The Morgan fingerprint density at radius 2 is 1.71 bits per heavy atom. The maximum absolute atomic E-state index is 13.1. The molecule has 1 heterocycles. The molecule has 4 heteroatoms. The van der Waals surface area contributed by atoms with Gasteiger partial charge in [-0.1, -0.05) is 45.0 Å². The van der Waals surface area contributed by atoms with E-state index in [1.807, 2.05) is 4.90 Å². The summed E-state index contributed by atoms with van der Waals surface area (Å²) in [4.78, 5) is 14.6. The van der Waals surface area contributed by atoms with Gasteiger partial charge in [0.1, 0.15) is 11.2 Å². The van der Waals surface area contributed by atoms with Crippen molar-refractivity contribution < 1.29 is 9.18 Å². The fourth-order valence-electron chi connectivity index (χ4n) is 2.86. The van der Waals surface area contributed by atoms with Crippen LogP contribution in [0.5, 0.6) is 0 Å². The molecule has 1 saturated heterocycles. The Morgan fingerprint density at radius 1 is 1.08 bits per heavy atom. The van der Waals surface area contributed by atoms with Gasteiger partial charge in [0.05, 0.1) is 0 Å². The van der Waals surface area contributed by atoms with E-state index in [2.05, 4.69) is 45.0 Å². The van der Waals surface area contributed by atoms with Crippen LogP contribution in [0.25, 0.3) is 0 Å². The lowest BCUT2D eigenvalue weighted by Gasteiger charge is -2.25. The number of hydrogen-bond donors (Lipinski definition) is 0. The SMILES string of the molecule is CC(C)(C)c1ccc(C2SCCN2C(=O)c2ccc(F)cc2)cc1. The second kappa shape index (κ2) is 6.60. The molecular formula is C20H22FNOS. The highest BCUT2D eigenvalue weighted by atomic mass is 32.2. The fraction of sp³-hybridized carbons (Fsp3) is 0.350. The van der Waals surface area contributed by atoms with Gasteiger partial charge in [0.15, 0.2) is 0 Å². The highest BCUT2D eigenvalue weighted by Gasteiger charge is 2.31. The summed E-state index contributed by atoms with van der Waals surface area (Å²) in [6, 6.07) is 14.3. The second-order valence-electron chi connectivity index (χ2n) is 7.10. The van der Waals surface area contributed by atoms with Crippen molar-refractivity contribution in [2.45, 2.75) is 31.6 Å². The number of thioether (sulfide) groups is 1. The monoisotopic (exact) mass is 343 g/mol. The first-order valence-electron chi connectivity index (χ1n) is 8.15. The zero-order valence-electron chi connectivity index (χ0n) is 14.3. The van der Waals surface area contributed by atoms with Gasteiger partial charge in [0.2, 0.25) is 0 Å². The maximum Gasteiger partial charge on any atom is 0.255 e. The summed E-state index contributed by atoms with van der Waals surface area (Å²) in [5, 5.41) is 0.0246. The number of halogens is 1. The van der Waals surface area contributed by atoms with Gasteiger partial charge < -0.3 is 4.90 Å². The molecule has 0 bridgehead atoms. The molecule has 1 aliphatic rings. The van der Waals surface area contributed by atoms with Crippen molar-refractivity contribution in [3.63, 3.8) is 0 Å². The minimum Gasteiger partial charge on any atom is -0.322 e. The first-order valence-corrected chi connectivity index (χ1v) is 9.20. The van der Waals surface area contributed by atoms with Gasteiger partial charge in [-0.15, -0.1) is 11.8 Å². The molecule has 1 atom stereocenters. The van der Waals surface area contributed by atoms with E-state index in [4.69, 9.17) is 0 Å². The normalized spacial score (nSPS) is 18.0. The van der Waals surface area contributed by atoms with Gasteiger partial charge in [-0.25, -0.2) is 4.39 Å². The lowest BCUT2D eigenvalue weighted by molar-refractivity contribution is 0.0760.